The highest BCUT2D eigenvalue weighted by molar-refractivity contribution is 7.91. The second-order valence-electron chi connectivity index (χ2n) is 3.90. The first-order valence-electron chi connectivity index (χ1n) is 5.20. The van der Waals surface area contributed by atoms with Crippen LogP contribution in [0.3, 0.4) is 0 Å². The third-order valence-corrected chi connectivity index (χ3v) is 4.63. The van der Waals surface area contributed by atoms with Crippen LogP contribution in [0.1, 0.15) is 20.3 Å². The summed E-state index contributed by atoms with van der Waals surface area (Å²) in [7, 11) is -3.14. The maximum Gasteiger partial charge on any atom is 0.326 e. The minimum atomic E-state index is -3.14. The minimum Gasteiger partial charge on any atom is -0.465 e. The van der Waals surface area contributed by atoms with Crippen molar-refractivity contribution in [3.63, 3.8) is 0 Å². The Labute approximate surface area is 95.3 Å². The Kier molecular flexibility index (Phi) is 3.58. The fourth-order valence-corrected chi connectivity index (χ4v) is 2.90. The number of hydrogen-bond donors (Lipinski definition) is 0. The number of ether oxygens (including phenoxy) is 1. The van der Waals surface area contributed by atoms with Crippen LogP contribution in [0.25, 0.3) is 0 Å². The van der Waals surface area contributed by atoms with Crippen molar-refractivity contribution in [1.82, 2.24) is 0 Å². The topological polar surface area (TPSA) is 84.2 Å². The summed E-state index contributed by atoms with van der Waals surface area (Å²) in [5.74, 6) is -1.06. The van der Waals surface area contributed by atoms with E-state index < -0.39 is 27.1 Å². The van der Waals surface area contributed by atoms with Gasteiger partial charge < -0.3 is 4.74 Å². The van der Waals surface area contributed by atoms with Crippen molar-refractivity contribution < 1.29 is 17.9 Å². The number of nitrogens with zero attached hydrogens (tertiary/aromatic N) is 1. The first-order chi connectivity index (χ1) is 7.41. The molecule has 16 heavy (non-hydrogen) atoms. The van der Waals surface area contributed by atoms with Gasteiger partial charge in [-0.2, -0.15) is 5.26 Å². The molecule has 1 aliphatic rings. The lowest BCUT2D eigenvalue weighted by molar-refractivity contribution is -0.147. The molecule has 0 saturated heterocycles. The minimum absolute atomic E-state index is 0.0355. The first-order valence-corrected chi connectivity index (χ1v) is 7.03. The van der Waals surface area contributed by atoms with E-state index in [0.717, 1.165) is 0 Å². The Morgan fingerprint density at radius 3 is 2.62 bits per heavy atom. The van der Waals surface area contributed by atoms with Crippen molar-refractivity contribution in [1.29, 1.82) is 5.26 Å². The molecule has 0 aromatic heterocycles. The SMILES string of the molecule is CCOC(=O)[C@@]1(C#N)C[C@@H]1CS(=O)(=O)CC. The van der Waals surface area contributed by atoms with Crippen molar-refractivity contribution in [2.75, 3.05) is 18.1 Å². The summed E-state index contributed by atoms with van der Waals surface area (Å²) >= 11 is 0. The van der Waals surface area contributed by atoms with Gasteiger partial charge in [0.1, 0.15) is 9.84 Å². The molecule has 0 radical (unpaired) electrons. The summed E-state index contributed by atoms with van der Waals surface area (Å²) in [4.78, 5) is 11.5. The second kappa shape index (κ2) is 4.42. The third-order valence-electron chi connectivity index (χ3n) is 2.84. The standard InChI is InChI=1S/C10H15NO4S/c1-3-15-9(12)10(7-11)5-8(10)6-16(13,14)4-2/h8H,3-6H2,1-2H3/t8-,10-/m1/s1. The summed E-state index contributed by atoms with van der Waals surface area (Å²) in [6.45, 7) is 3.41. The molecule has 0 aromatic carbocycles. The van der Waals surface area contributed by atoms with E-state index in [1.807, 2.05) is 6.07 Å². The van der Waals surface area contributed by atoms with Gasteiger partial charge in [0, 0.05) is 11.7 Å². The van der Waals surface area contributed by atoms with Crippen LogP contribution in [-0.4, -0.2) is 32.5 Å². The molecular weight excluding hydrogens is 230 g/mol. The van der Waals surface area contributed by atoms with Gasteiger partial charge in [0.05, 0.1) is 18.4 Å². The molecule has 5 nitrogen and oxygen atoms in total. The number of sulfone groups is 1. The van der Waals surface area contributed by atoms with Gasteiger partial charge in [0.2, 0.25) is 0 Å². The van der Waals surface area contributed by atoms with Crippen LogP contribution in [0, 0.1) is 22.7 Å². The number of nitriles is 1. The Morgan fingerprint density at radius 2 is 2.19 bits per heavy atom. The van der Waals surface area contributed by atoms with Gasteiger partial charge in [-0.3, -0.25) is 4.79 Å². The molecule has 0 amide bonds. The quantitative estimate of drug-likeness (QED) is 0.659. The lowest BCUT2D eigenvalue weighted by Gasteiger charge is -2.07. The molecule has 2 atom stereocenters. The number of carbonyl (C=O) groups is 1. The molecule has 0 bridgehead atoms. The Morgan fingerprint density at radius 1 is 1.56 bits per heavy atom. The van der Waals surface area contributed by atoms with Crippen molar-refractivity contribution >= 4 is 15.8 Å². The number of esters is 1. The Bertz CT molecular complexity index is 423. The maximum atomic E-state index is 11.5. The highest BCUT2D eigenvalue weighted by Crippen LogP contribution is 2.53. The van der Waals surface area contributed by atoms with E-state index in [4.69, 9.17) is 10.00 Å². The van der Waals surface area contributed by atoms with E-state index >= 15 is 0 Å². The van der Waals surface area contributed by atoms with Crippen molar-refractivity contribution in [3.8, 4) is 6.07 Å². The zero-order valence-electron chi connectivity index (χ0n) is 9.39. The van der Waals surface area contributed by atoms with Crippen LogP contribution in [0.5, 0.6) is 0 Å². The molecule has 1 rings (SSSR count). The lowest BCUT2D eigenvalue weighted by atomic mass is 10.1. The normalized spacial score (nSPS) is 28.2. The fourth-order valence-electron chi connectivity index (χ4n) is 1.65. The number of rotatable bonds is 5. The van der Waals surface area contributed by atoms with E-state index in [9.17, 15) is 13.2 Å². The van der Waals surface area contributed by atoms with Gasteiger partial charge in [-0.1, -0.05) is 6.92 Å². The average molecular weight is 245 g/mol. The van der Waals surface area contributed by atoms with Crippen LogP contribution in [0.4, 0.5) is 0 Å². The summed E-state index contributed by atoms with van der Waals surface area (Å²) in [6, 6.07) is 1.89. The van der Waals surface area contributed by atoms with Crippen LogP contribution in [-0.2, 0) is 19.4 Å². The Hall–Kier alpha value is -1.09. The molecule has 0 spiro atoms. The number of carbonyl (C=O) groups excluding carboxylic acids is 1. The molecule has 1 aliphatic carbocycles. The summed E-state index contributed by atoms with van der Waals surface area (Å²) in [5, 5.41) is 8.95. The van der Waals surface area contributed by atoms with Gasteiger partial charge in [0.25, 0.3) is 0 Å². The van der Waals surface area contributed by atoms with Gasteiger partial charge in [-0.25, -0.2) is 8.42 Å². The predicted molar refractivity (Wildman–Crippen MR) is 57.1 cm³/mol. The van der Waals surface area contributed by atoms with E-state index in [1.54, 1.807) is 13.8 Å². The van der Waals surface area contributed by atoms with Crippen LogP contribution in [0.2, 0.25) is 0 Å². The molecule has 0 unspecified atom stereocenters. The van der Waals surface area contributed by atoms with Crippen LogP contribution in [0.15, 0.2) is 0 Å². The summed E-state index contributed by atoms with van der Waals surface area (Å²) < 4.78 is 27.5. The summed E-state index contributed by atoms with van der Waals surface area (Å²) in [5.41, 5.74) is -1.21. The predicted octanol–water partition coefficient (Wildman–Crippen LogP) is 0.514. The van der Waals surface area contributed by atoms with Crippen molar-refractivity contribution in [2.45, 2.75) is 20.3 Å². The number of hydrogen-bond acceptors (Lipinski definition) is 5. The van der Waals surface area contributed by atoms with E-state index in [1.165, 1.54) is 0 Å². The molecule has 6 heteroatoms. The van der Waals surface area contributed by atoms with Crippen LogP contribution < -0.4 is 0 Å². The van der Waals surface area contributed by atoms with E-state index in [2.05, 4.69) is 0 Å². The van der Waals surface area contributed by atoms with Crippen molar-refractivity contribution in [2.24, 2.45) is 11.3 Å². The zero-order valence-corrected chi connectivity index (χ0v) is 10.2. The first kappa shape index (κ1) is 13.0. The largest absolute Gasteiger partial charge is 0.465 e. The molecule has 0 aromatic rings. The molecule has 90 valence electrons. The lowest BCUT2D eigenvalue weighted by Crippen LogP contribution is -2.23. The molecular formula is C10H15NO4S. The van der Waals surface area contributed by atoms with Crippen molar-refractivity contribution in [3.05, 3.63) is 0 Å². The second-order valence-corrected chi connectivity index (χ2v) is 6.30. The molecule has 0 aliphatic heterocycles. The zero-order chi connectivity index (χ0) is 12.4. The Balaban J connectivity index is 2.71. The molecule has 0 heterocycles. The highest BCUT2D eigenvalue weighted by Gasteiger charge is 2.63. The highest BCUT2D eigenvalue weighted by atomic mass is 32.2. The average Bonchev–Trinajstić information content (AvgIpc) is 2.92. The maximum absolute atomic E-state index is 11.5. The van der Waals surface area contributed by atoms with Gasteiger partial charge in [0.15, 0.2) is 5.41 Å². The molecule has 1 saturated carbocycles. The smallest absolute Gasteiger partial charge is 0.326 e. The van der Waals surface area contributed by atoms with Crippen LogP contribution >= 0.6 is 0 Å². The van der Waals surface area contributed by atoms with E-state index in [0.29, 0.717) is 6.42 Å². The monoisotopic (exact) mass is 245 g/mol. The van der Waals surface area contributed by atoms with E-state index in [-0.39, 0.29) is 18.1 Å². The molecule has 1 fully saturated rings. The van der Waals surface area contributed by atoms with Gasteiger partial charge in [-0.15, -0.1) is 0 Å². The van der Waals surface area contributed by atoms with Gasteiger partial charge in [-0.05, 0) is 13.3 Å². The molecule has 0 N–H and O–H groups in total. The van der Waals surface area contributed by atoms with Gasteiger partial charge >= 0.3 is 5.97 Å². The summed E-state index contributed by atoms with van der Waals surface area (Å²) in [6.07, 6.45) is 0.293. The third kappa shape index (κ3) is 2.35. The fraction of sp³-hybridized carbons (Fsp3) is 0.800.